The summed E-state index contributed by atoms with van der Waals surface area (Å²) in [5.74, 6) is -0.0712. The number of carbonyl (C=O) groups is 1. The van der Waals surface area contributed by atoms with Crippen LogP contribution in [0.15, 0.2) is 54.2 Å². The van der Waals surface area contributed by atoms with Gasteiger partial charge in [-0.15, -0.1) is 0 Å². The van der Waals surface area contributed by atoms with E-state index in [-0.39, 0.29) is 11.7 Å². The first kappa shape index (κ1) is 18.9. The predicted octanol–water partition coefficient (Wildman–Crippen LogP) is 3.84. The fraction of sp³-hybridized carbons (Fsp3) is 0.238. The molecular formula is C21H23N3O2S. The number of amides is 1. The van der Waals surface area contributed by atoms with Gasteiger partial charge in [0.25, 0.3) is 5.91 Å². The van der Waals surface area contributed by atoms with Crippen molar-refractivity contribution < 1.29 is 9.90 Å². The molecule has 3 rings (SSSR count). The van der Waals surface area contributed by atoms with Gasteiger partial charge in [-0.3, -0.25) is 9.69 Å². The monoisotopic (exact) mass is 381 g/mol. The van der Waals surface area contributed by atoms with Gasteiger partial charge in [0.15, 0.2) is 5.11 Å². The molecule has 1 saturated heterocycles. The largest absolute Gasteiger partial charge is 0.507 e. The van der Waals surface area contributed by atoms with Crippen molar-refractivity contribution >= 4 is 40.7 Å². The molecule has 2 aromatic carbocycles. The standard InChI is InChI=1S/C21H23N3O2S/c1-4-23(5-2)17-12-11-15(19(25)14-17)13-18-20(26)24(21(27)22(18)3)16-9-7-6-8-10-16/h6-14,25H,4-5H2,1-3H3/b18-13+. The topological polar surface area (TPSA) is 47.0 Å². The smallest absolute Gasteiger partial charge is 0.281 e. The summed E-state index contributed by atoms with van der Waals surface area (Å²) in [4.78, 5) is 18.3. The van der Waals surface area contributed by atoms with Gasteiger partial charge in [-0.25, -0.2) is 0 Å². The number of nitrogens with zero attached hydrogens (tertiary/aromatic N) is 3. The third-order valence-electron chi connectivity index (χ3n) is 4.71. The van der Waals surface area contributed by atoms with Crippen molar-refractivity contribution in [3.8, 4) is 5.75 Å². The molecule has 0 spiro atoms. The summed E-state index contributed by atoms with van der Waals surface area (Å²) >= 11 is 5.46. The Hall–Kier alpha value is -2.86. The van der Waals surface area contributed by atoms with E-state index in [0.29, 0.717) is 16.4 Å². The third-order valence-corrected chi connectivity index (χ3v) is 5.17. The second kappa shape index (κ2) is 7.80. The van der Waals surface area contributed by atoms with Crippen LogP contribution in [0.3, 0.4) is 0 Å². The summed E-state index contributed by atoms with van der Waals surface area (Å²) in [5, 5.41) is 10.9. The van der Waals surface area contributed by atoms with E-state index in [9.17, 15) is 9.90 Å². The Morgan fingerprint density at radius 1 is 1.11 bits per heavy atom. The molecule has 0 saturated carbocycles. The number of aromatic hydroxyl groups is 1. The number of thiocarbonyl (C=S) groups is 1. The lowest BCUT2D eigenvalue weighted by Crippen LogP contribution is -2.30. The molecule has 1 aliphatic heterocycles. The average Bonchev–Trinajstić information content (AvgIpc) is 2.88. The van der Waals surface area contributed by atoms with Crippen molar-refractivity contribution in [2.45, 2.75) is 13.8 Å². The summed E-state index contributed by atoms with van der Waals surface area (Å²) in [6.45, 7) is 5.86. The van der Waals surface area contributed by atoms with Crippen molar-refractivity contribution in [3.63, 3.8) is 0 Å². The van der Waals surface area contributed by atoms with Crippen LogP contribution in [0.4, 0.5) is 11.4 Å². The van der Waals surface area contributed by atoms with E-state index in [1.54, 1.807) is 24.1 Å². The van der Waals surface area contributed by atoms with Gasteiger partial charge in [0.2, 0.25) is 0 Å². The average molecular weight is 382 g/mol. The third kappa shape index (κ3) is 3.53. The maximum absolute atomic E-state index is 12.9. The van der Waals surface area contributed by atoms with Crippen LogP contribution >= 0.6 is 12.2 Å². The van der Waals surface area contributed by atoms with Gasteiger partial charge >= 0.3 is 0 Å². The van der Waals surface area contributed by atoms with Crippen LogP contribution in [0.25, 0.3) is 6.08 Å². The van der Waals surface area contributed by atoms with Gasteiger partial charge < -0.3 is 14.9 Å². The molecule has 0 aromatic heterocycles. The first-order valence-electron chi connectivity index (χ1n) is 8.94. The molecule has 0 radical (unpaired) electrons. The highest BCUT2D eigenvalue weighted by Crippen LogP contribution is 2.31. The normalized spacial score (nSPS) is 15.7. The number of para-hydroxylation sites is 1. The highest BCUT2D eigenvalue weighted by Gasteiger charge is 2.36. The van der Waals surface area contributed by atoms with E-state index in [2.05, 4.69) is 18.7 Å². The fourth-order valence-corrected chi connectivity index (χ4v) is 3.43. The van der Waals surface area contributed by atoms with Crippen molar-refractivity contribution in [1.82, 2.24) is 4.90 Å². The number of hydrogen-bond acceptors (Lipinski definition) is 4. The number of phenolic OH excluding ortho intramolecular Hbond substituents is 1. The number of benzene rings is 2. The quantitative estimate of drug-likeness (QED) is 0.630. The SMILES string of the molecule is CCN(CC)c1ccc(/C=C2\C(=O)N(c3ccccc3)C(=S)N2C)c(O)c1. The minimum atomic E-state index is -0.207. The first-order chi connectivity index (χ1) is 13.0. The molecule has 0 unspecified atom stereocenters. The highest BCUT2D eigenvalue weighted by atomic mass is 32.1. The first-order valence-corrected chi connectivity index (χ1v) is 9.35. The molecule has 0 bridgehead atoms. The van der Waals surface area contributed by atoms with Crippen LogP contribution in [0.5, 0.6) is 5.75 Å². The second-order valence-electron chi connectivity index (χ2n) is 6.26. The summed E-state index contributed by atoms with van der Waals surface area (Å²) < 4.78 is 0. The molecule has 0 aliphatic carbocycles. The lowest BCUT2D eigenvalue weighted by Gasteiger charge is -2.21. The zero-order valence-electron chi connectivity index (χ0n) is 15.7. The molecule has 1 aliphatic rings. The van der Waals surface area contributed by atoms with Crippen LogP contribution in [0.2, 0.25) is 0 Å². The highest BCUT2D eigenvalue weighted by molar-refractivity contribution is 7.80. The summed E-state index contributed by atoms with van der Waals surface area (Å²) in [6.07, 6.45) is 1.68. The van der Waals surface area contributed by atoms with E-state index in [0.717, 1.165) is 24.5 Å². The van der Waals surface area contributed by atoms with Crippen LogP contribution in [0.1, 0.15) is 19.4 Å². The summed E-state index contributed by atoms with van der Waals surface area (Å²) in [5.41, 5.74) is 2.68. The van der Waals surface area contributed by atoms with Crippen molar-refractivity contribution in [3.05, 3.63) is 59.8 Å². The minimum Gasteiger partial charge on any atom is -0.507 e. The lowest BCUT2D eigenvalue weighted by molar-refractivity contribution is -0.114. The second-order valence-corrected chi connectivity index (χ2v) is 6.63. The van der Waals surface area contributed by atoms with Crippen LogP contribution in [0, 0.1) is 0 Å². The van der Waals surface area contributed by atoms with Crippen molar-refractivity contribution in [2.24, 2.45) is 0 Å². The zero-order valence-corrected chi connectivity index (χ0v) is 16.5. The molecule has 1 N–H and O–H groups in total. The van der Waals surface area contributed by atoms with E-state index in [1.165, 1.54) is 4.90 Å². The fourth-order valence-electron chi connectivity index (χ4n) is 3.15. The molecule has 0 atom stereocenters. The molecule has 6 heteroatoms. The van der Waals surface area contributed by atoms with Crippen molar-refractivity contribution in [1.29, 1.82) is 0 Å². The van der Waals surface area contributed by atoms with Crippen LogP contribution in [-0.2, 0) is 4.79 Å². The van der Waals surface area contributed by atoms with Crippen LogP contribution < -0.4 is 9.80 Å². The van der Waals surface area contributed by atoms with Crippen LogP contribution in [-0.4, -0.2) is 41.2 Å². The maximum Gasteiger partial charge on any atom is 0.281 e. The van der Waals surface area contributed by atoms with E-state index in [1.807, 2.05) is 42.5 Å². The Morgan fingerprint density at radius 3 is 2.37 bits per heavy atom. The molecule has 5 nitrogen and oxygen atoms in total. The molecular weight excluding hydrogens is 358 g/mol. The minimum absolute atomic E-state index is 0.136. The van der Waals surface area contributed by atoms with Gasteiger partial charge in [0.1, 0.15) is 11.4 Å². The number of carbonyl (C=O) groups excluding carboxylic acids is 1. The number of rotatable bonds is 5. The number of anilines is 2. The Balaban J connectivity index is 1.95. The lowest BCUT2D eigenvalue weighted by atomic mass is 10.1. The molecule has 2 aromatic rings. The summed E-state index contributed by atoms with van der Waals surface area (Å²) in [6, 6.07) is 14.8. The van der Waals surface area contributed by atoms with E-state index < -0.39 is 0 Å². The summed E-state index contributed by atoms with van der Waals surface area (Å²) in [7, 11) is 1.76. The van der Waals surface area contributed by atoms with Gasteiger partial charge in [-0.05, 0) is 56.4 Å². The van der Waals surface area contributed by atoms with E-state index >= 15 is 0 Å². The number of hydrogen-bond donors (Lipinski definition) is 1. The van der Waals surface area contributed by atoms with Gasteiger partial charge in [-0.2, -0.15) is 0 Å². The molecule has 1 heterocycles. The number of phenols is 1. The Labute approximate surface area is 165 Å². The molecule has 27 heavy (non-hydrogen) atoms. The number of likely N-dealkylation sites (N-methyl/N-ethyl adjacent to an activating group) is 1. The van der Waals surface area contributed by atoms with Gasteiger partial charge in [0, 0.05) is 37.5 Å². The van der Waals surface area contributed by atoms with Gasteiger partial charge in [-0.1, -0.05) is 18.2 Å². The molecule has 140 valence electrons. The zero-order chi connectivity index (χ0) is 19.6. The Morgan fingerprint density at radius 2 is 1.78 bits per heavy atom. The Kier molecular flexibility index (Phi) is 5.46. The maximum atomic E-state index is 12.9. The predicted molar refractivity (Wildman–Crippen MR) is 114 cm³/mol. The molecule has 1 amide bonds. The van der Waals surface area contributed by atoms with E-state index in [4.69, 9.17) is 12.2 Å². The van der Waals surface area contributed by atoms with Crippen molar-refractivity contribution in [2.75, 3.05) is 29.9 Å². The Bertz CT molecular complexity index is 892. The van der Waals surface area contributed by atoms with Gasteiger partial charge in [0.05, 0.1) is 5.69 Å². The molecule has 1 fully saturated rings.